The summed E-state index contributed by atoms with van der Waals surface area (Å²) in [5.74, 6) is 0.00812. The number of carbonyl (C=O) groups is 1. The molecule has 0 aromatic heterocycles. The lowest BCUT2D eigenvalue weighted by molar-refractivity contribution is -0.126. The molecule has 1 aromatic carbocycles. The van der Waals surface area contributed by atoms with E-state index >= 15 is 0 Å². The summed E-state index contributed by atoms with van der Waals surface area (Å²) in [6.07, 6.45) is 1.99. The van der Waals surface area contributed by atoms with Crippen molar-refractivity contribution in [2.75, 3.05) is 19.8 Å². The van der Waals surface area contributed by atoms with E-state index in [1.54, 1.807) is 0 Å². The average Bonchev–Trinajstić information content (AvgIpc) is 2.96. The molecular formula is C17H26N2O2. The van der Waals surface area contributed by atoms with Gasteiger partial charge in [0.15, 0.2) is 0 Å². The van der Waals surface area contributed by atoms with Crippen molar-refractivity contribution < 1.29 is 9.53 Å². The second kappa shape index (κ2) is 8.15. The largest absolute Gasteiger partial charge is 0.379 e. The first-order valence-electron chi connectivity index (χ1n) is 7.92. The molecule has 0 saturated carbocycles. The molecule has 0 aliphatic carbocycles. The Bertz CT molecular complexity index is 436. The van der Waals surface area contributed by atoms with Crippen LogP contribution in [0.25, 0.3) is 0 Å². The van der Waals surface area contributed by atoms with Crippen LogP contribution in [0.3, 0.4) is 0 Å². The zero-order valence-electron chi connectivity index (χ0n) is 13.0. The van der Waals surface area contributed by atoms with Gasteiger partial charge in [-0.05, 0) is 18.5 Å². The van der Waals surface area contributed by atoms with Gasteiger partial charge in [-0.25, -0.2) is 0 Å². The minimum Gasteiger partial charge on any atom is -0.379 e. The van der Waals surface area contributed by atoms with Gasteiger partial charge in [0, 0.05) is 6.04 Å². The van der Waals surface area contributed by atoms with Crippen molar-refractivity contribution in [1.29, 1.82) is 0 Å². The van der Waals surface area contributed by atoms with Crippen molar-refractivity contribution in [1.82, 2.24) is 10.6 Å². The summed E-state index contributed by atoms with van der Waals surface area (Å²) in [7, 11) is 0. The Labute approximate surface area is 127 Å². The molecule has 1 aromatic rings. The van der Waals surface area contributed by atoms with Gasteiger partial charge < -0.3 is 15.4 Å². The summed E-state index contributed by atoms with van der Waals surface area (Å²) in [6, 6.07) is 10.4. The molecule has 4 nitrogen and oxygen atoms in total. The van der Waals surface area contributed by atoms with E-state index in [0.717, 1.165) is 19.4 Å². The normalized spacial score (nSPS) is 23.0. The Morgan fingerprint density at radius 1 is 1.29 bits per heavy atom. The Hall–Kier alpha value is -1.39. The highest BCUT2D eigenvalue weighted by molar-refractivity contribution is 5.80. The van der Waals surface area contributed by atoms with Crippen LogP contribution in [0.5, 0.6) is 0 Å². The fourth-order valence-corrected chi connectivity index (χ4v) is 2.85. The Balaban J connectivity index is 2.01. The highest BCUT2D eigenvalue weighted by Gasteiger charge is 2.34. The van der Waals surface area contributed by atoms with Crippen molar-refractivity contribution in [2.24, 2.45) is 5.92 Å². The van der Waals surface area contributed by atoms with E-state index in [1.165, 1.54) is 5.56 Å². The number of hydrogen-bond acceptors (Lipinski definition) is 3. The molecule has 1 fully saturated rings. The smallest absolute Gasteiger partial charge is 0.227 e. The summed E-state index contributed by atoms with van der Waals surface area (Å²) in [6.45, 7) is 6.18. The molecule has 0 bridgehead atoms. The Morgan fingerprint density at radius 2 is 2.05 bits per heavy atom. The molecule has 1 aliphatic heterocycles. The lowest BCUT2D eigenvalue weighted by Crippen LogP contribution is -2.44. The molecule has 2 rings (SSSR count). The molecule has 1 amide bonds. The number of benzene rings is 1. The number of likely N-dealkylation sites (N-methyl/N-ethyl adjacent to an activating group) is 1. The zero-order chi connectivity index (χ0) is 15.1. The van der Waals surface area contributed by atoms with Crippen LogP contribution in [0.15, 0.2) is 30.3 Å². The van der Waals surface area contributed by atoms with Gasteiger partial charge in [-0.15, -0.1) is 0 Å². The molecule has 1 saturated heterocycles. The van der Waals surface area contributed by atoms with Crippen LogP contribution in [-0.4, -0.2) is 31.7 Å². The molecular weight excluding hydrogens is 264 g/mol. The first kappa shape index (κ1) is 16.0. The van der Waals surface area contributed by atoms with Crippen LogP contribution in [-0.2, 0) is 9.53 Å². The lowest BCUT2D eigenvalue weighted by atomic mass is 9.98. The minimum absolute atomic E-state index is 0.0894. The fraction of sp³-hybridized carbons (Fsp3) is 0.588. The quantitative estimate of drug-likeness (QED) is 0.810. The average molecular weight is 290 g/mol. The zero-order valence-corrected chi connectivity index (χ0v) is 13.0. The SMILES string of the molecule is CCCC(NC(=O)C1COCC1NCC)c1ccccc1. The topological polar surface area (TPSA) is 50.4 Å². The number of amides is 1. The van der Waals surface area contributed by atoms with E-state index in [9.17, 15) is 4.79 Å². The van der Waals surface area contributed by atoms with Crippen molar-refractivity contribution in [2.45, 2.75) is 38.8 Å². The van der Waals surface area contributed by atoms with Gasteiger partial charge in [-0.3, -0.25) is 4.79 Å². The third-order valence-electron chi connectivity index (χ3n) is 3.98. The highest BCUT2D eigenvalue weighted by Crippen LogP contribution is 2.21. The standard InChI is InChI=1S/C17H26N2O2/c1-3-8-15(13-9-6-5-7-10-13)19-17(20)14-11-21-12-16(14)18-4-2/h5-7,9-10,14-16,18H,3-4,8,11-12H2,1-2H3,(H,19,20). The Morgan fingerprint density at radius 3 is 2.71 bits per heavy atom. The molecule has 3 unspecified atom stereocenters. The van der Waals surface area contributed by atoms with Crippen LogP contribution >= 0.6 is 0 Å². The van der Waals surface area contributed by atoms with Gasteiger partial charge in [0.25, 0.3) is 0 Å². The summed E-state index contributed by atoms with van der Waals surface area (Å²) < 4.78 is 5.47. The minimum atomic E-state index is -0.0898. The summed E-state index contributed by atoms with van der Waals surface area (Å²) in [5, 5.41) is 6.54. The van der Waals surface area contributed by atoms with Crippen molar-refractivity contribution in [3.8, 4) is 0 Å². The predicted molar refractivity (Wildman–Crippen MR) is 84.0 cm³/mol. The van der Waals surface area contributed by atoms with Crippen LogP contribution in [0.4, 0.5) is 0 Å². The molecule has 1 heterocycles. The monoisotopic (exact) mass is 290 g/mol. The molecule has 1 aliphatic rings. The van der Waals surface area contributed by atoms with Gasteiger partial charge in [0.2, 0.25) is 5.91 Å². The molecule has 21 heavy (non-hydrogen) atoms. The van der Waals surface area contributed by atoms with Gasteiger partial charge in [-0.1, -0.05) is 50.6 Å². The highest BCUT2D eigenvalue weighted by atomic mass is 16.5. The molecule has 0 spiro atoms. The fourth-order valence-electron chi connectivity index (χ4n) is 2.85. The van der Waals surface area contributed by atoms with E-state index in [2.05, 4.69) is 36.6 Å². The van der Waals surface area contributed by atoms with Gasteiger partial charge in [0.1, 0.15) is 0 Å². The maximum atomic E-state index is 12.6. The Kier molecular flexibility index (Phi) is 6.21. The number of carbonyl (C=O) groups excluding carboxylic acids is 1. The van der Waals surface area contributed by atoms with E-state index in [-0.39, 0.29) is 23.9 Å². The second-order valence-electron chi connectivity index (χ2n) is 5.57. The first-order valence-corrected chi connectivity index (χ1v) is 7.92. The molecule has 2 N–H and O–H groups in total. The van der Waals surface area contributed by atoms with Crippen LogP contribution in [0, 0.1) is 5.92 Å². The molecule has 3 atom stereocenters. The second-order valence-corrected chi connectivity index (χ2v) is 5.57. The van der Waals surface area contributed by atoms with Crippen LogP contribution in [0.1, 0.15) is 38.3 Å². The van der Waals surface area contributed by atoms with Crippen LogP contribution < -0.4 is 10.6 Å². The van der Waals surface area contributed by atoms with Gasteiger partial charge in [-0.2, -0.15) is 0 Å². The van der Waals surface area contributed by atoms with E-state index < -0.39 is 0 Å². The third-order valence-corrected chi connectivity index (χ3v) is 3.98. The summed E-state index contributed by atoms with van der Waals surface area (Å²) in [5.41, 5.74) is 1.17. The molecule has 116 valence electrons. The van der Waals surface area contributed by atoms with Gasteiger partial charge in [0.05, 0.1) is 25.2 Å². The van der Waals surface area contributed by atoms with Crippen molar-refractivity contribution in [3.63, 3.8) is 0 Å². The number of ether oxygens (including phenoxy) is 1. The molecule has 0 radical (unpaired) electrons. The third kappa shape index (κ3) is 4.29. The van der Waals surface area contributed by atoms with Crippen molar-refractivity contribution >= 4 is 5.91 Å². The van der Waals surface area contributed by atoms with Crippen LogP contribution in [0.2, 0.25) is 0 Å². The van der Waals surface area contributed by atoms with E-state index in [1.807, 2.05) is 18.2 Å². The van der Waals surface area contributed by atoms with Gasteiger partial charge >= 0.3 is 0 Å². The number of rotatable bonds is 7. The lowest BCUT2D eigenvalue weighted by Gasteiger charge is -2.23. The number of hydrogen-bond donors (Lipinski definition) is 2. The molecule has 4 heteroatoms. The summed E-state index contributed by atoms with van der Waals surface area (Å²) >= 11 is 0. The first-order chi connectivity index (χ1) is 10.3. The maximum absolute atomic E-state index is 12.6. The summed E-state index contributed by atoms with van der Waals surface area (Å²) in [4.78, 5) is 12.6. The predicted octanol–water partition coefficient (Wildman–Crippen LogP) is 2.27. The van der Waals surface area contributed by atoms with Crippen molar-refractivity contribution in [3.05, 3.63) is 35.9 Å². The van der Waals surface area contributed by atoms with E-state index in [4.69, 9.17) is 4.74 Å². The number of nitrogens with one attached hydrogen (secondary N) is 2. The maximum Gasteiger partial charge on any atom is 0.227 e. The van der Waals surface area contributed by atoms with E-state index in [0.29, 0.717) is 13.2 Å².